The molecule has 76 valence electrons. The molecule has 0 amide bonds. The topological polar surface area (TPSA) is 88.4 Å². The van der Waals surface area contributed by atoms with Crippen molar-refractivity contribution in [1.82, 2.24) is 0 Å². The minimum Gasteiger partial charge on any atom is -0.393 e. The Morgan fingerprint density at radius 2 is 2.08 bits per heavy atom. The molecule has 0 unspecified atom stereocenters. The Kier molecular flexibility index (Phi) is 2.26. The van der Waals surface area contributed by atoms with Gasteiger partial charge in [0.05, 0.1) is 13.2 Å². The average molecular weight is 192 g/mol. The van der Waals surface area contributed by atoms with E-state index >= 15 is 0 Å². The molecule has 2 saturated heterocycles. The Balaban J connectivity index is 2.07. The molecule has 0 aromatic carbocycles. The number of aliphatic hydroxyl groups excluding tert-OH is 3. The van der Waals surface area contributed by atoms with Gasteiger partial charge in [0.25, 0.3) is 0 Å². The van der Waals surface area contributed by atoms with E-state index in [0.717, 1.165) is 0 Å². The van der Waals surface area contributed by atoms with Gasteiger partial charge in [-0.25, -0.2) is 9.78 Å². The first-order chi connectivity index (χ1) is 6.19. The van der Waals surface area contributed by atoms with Gasteiger partial charge in [0.15, 0.2) is 5.60 Å². The molecule has 0 aliphatic carbocycles. The molecule has 2 heterocycles. The molecule has 6 heteroatoms. The lowest BCUT2D eigenvalue weighted by atomic mass is 9.92. The second-order valence-corrected chi connectivity index (χ2v) is 3.38. The summed E-state index contributed by atoms with van der Waals surface area (Å²) in [6.45, 7) is -0.0870. The molecule has 2 fully saturated rings. The van der Waals surface area contributed by atoms with E-state index in [2.05, 4.69) is 4.89 Å². The summed E-state index contributed by atoms with van der Waals surface area (Å²) in [7, 11) is 0. The monoisotopic (exact) mass is 192 g/mol. The second kappa shape index (κ2) is 3.16. The predicted octanol–water partition coefficient (Wildman–Crippen LogP) is -2.20. The van der Waals surface area contributed by atoms with Crippen LogP contribution in [0, 0.1) is 0 Å². The van der Waals surface area contributed by atoms with E-state index in [1.807, 2.05) is 0 Å². The molecule has 2 aliphatic rings. The summed E-state index contributed by atoms with van der Waals surface area (Å²) >= 11 is 0. The summed E-state index contributed by atoms with van der Waals surface area (Å²) in [6, 6.07) is 0. The van der Waals surface area contributed by atoms with Crippen LogP contribution in [0.2, 0.25) is 0 Å². The fourth-order valence-electron chi connectivity index (χ4n) is 1.57. The number of ether oxygens (including phenoxy) is 1. The van der Waals surface area contributed by atoms with Gasteiger partial charge in [0, 0.05) is 0 Å². The number of rotatable bonds is 2. The number of aliphatic hydroxyl groups is 3. The van der Waals surface area contributed by atoms with Gasteiger partial charge in [-0.05, 0) is 0 Å². The van der Waals surface area contributed by atoms with Crippen LogP contribution in [0.5, 0.6) is 0 Å². The van der Waals surface area contributed by atoms with Crippen molar-refractivity contribution in [2.75, 3.05) is 19.8 Å². The van der Waals surface area contributed by atoms with Crippen molar-refractivity contribution in [3.63, 3.8) is 0 Å². The van der Waals surface area contributed by atoms with Crippen LogP contribution < -0.4 is 0 Å². The fourth-order valence-corrected chi connectivity index (χ4v) is 1.57. The van der Waals surface area contributed by atoms with Gasteiger partial charge in [-0.1, -0.05) is 0 Å². The minimum absolute atomic E-state index is 0.0525. The van der Waals surface area contributed by atoms with Crippen molar-refractivity contribution >= 4 is 0 Å². The highest BCUT2D eigenvalue weighted by molar-refractivity contribution is 5.00. The molecule has 0 aromatic heterocycles. The largest absolute Gasteiger partial charge is 0.393 e. The third-order valence-electron chi connectivity index (χ3n) is 2.47. The van der Waals surface area contributed by atoms with Crippen molar-refractivity contribution in [3.05, 3.63) is 0 Å². The van der Waals surface area contributed by atoms with E-state index in [0.29, 0.717) is 0 Å². The Labute approximate surface area is 74.6 Å². The molecule has 0 aromatic rings. The molecular formula is C7H12O6. The van der Waals surface area contributed by atoms with E-state index in [9.17, 15) is 10.2 Å². The van der Waals surface area contributed by atoms with Gasteiger partial charge < -0.3 is 20.1 Å². The van der Waals surface area contributed by atoms with Gasteiger partial charge in [-0.3, -0.25) is 0 Å². The first kappa shape index (κ1) is 9.32. The maximum absolute atomic E-state index is 9.47. The molecule has 0 radical (unpaired) electrons. The molecule has 6 nitrogen and oxygen atoms in total. The molecule has 2 aliphatic heterocycles. The van der Waals surface area contributed by atoms with Crippen molar-refractivity contribution in [2.45, 2.75) is 23.9 Å². The van der Waals surface area contributed by atoms with Crippen molar-refractivity contribution in [1.29, 1.82) is 0 Å². The smallest absolute Gasteiger partial charge is 0.181 e. The predicted molar refractivity (Wildman–Crippen MR) is 38.6 cm³/mol. The Morgan fingerprint density at radius 1 is 1.38 bits per heavy atom. The van der Waals surface area contributed by atoms with E-state index in [1.54, 1.807) is 0 Å². The average Bonchev–Trinajstić information content (AvgIpc) is 2.35. The zero-order valence-electron chi connectivity index (χ0n) is 6.92. The van der Waals surface area contributed by atoms with Crippen LogP contribution >= 0.6 is 0 Å². The van der Waals surface area contributed by atoms with Crippen molar-refractivity contribution in [3.8, 4) is 0 Å². The van der Waals surface area contributed by atoms with Gasteiger partial charge in [-0.15, -0.1) is 0 Å². The van der Waals surface area contributed by atoms with Gasteiger partial charge in [0.2, 0.25) is 0 Å². The highest BCUT2D eigenvalue weighted by atomic mass is 17.3. The van der Waals surface area contributed by atoms with E-state index in [4.69, 9.17) is 14.7 Å². The van der Waals surface area contributed by atoms with Gasteiger partial charge in [-0.2, -0.15) is 0 Å². The van der Waals surface area contributed by atoms with Crippen LogP contribution in [0.1, 0.15) is 0 Å². The van der Waals surface area contributed by atoms with Crippen molar-refractivity contribution in [2.24, 2.45) is 0 Å². The molecule has 13 heavy (non-hydrogen) atoms. The summed E-state index contributed by atoms with van der Waals surface area (Å²) < 4.78 is 5.11. The highest BCUT2D eigenvalue weighted by Crippen LogP contribution is 2.33. The summed E-state index contributed by atoms with van der Waals surface area (Å²) in [4.78, 5) is 9.22. The summed E-state index contributed by atoms with van der Waals surface area (Å²) in [5.74, 6) is 0. The van der Waals surface area contributed by atoms with E-state index in [1.165, 1.54) is 0 Å². The standard InChI is InChI=1S/C7H12O6/c8-2-7(3-12-13-7)6-5(10)4(9)1-11-6/h4-6,8-10H,1-3H2/t4-,5+,6-,7-/m0/s1. The molecule has 3 N–H and O–H groups in total. The van der Waals surface area contributed by atoms with Gasteiger partial charge >= 0.3 is 0 Å². The lowest BCUT2D eigenvalue weighted by Gasteiger charge is -2.42. The Bertz CT molecular complexity index is 186. The van der Waals surface area contributed by atoms with Gasteiger partial charge in [0.1, 0.15) is 24.9 Å². The van der Waals surface area contributed by atoms with Crippen molar-refractivity contribution < 1.29 is 29.8 Å². The molecule has 2 rings (SSSR count). The zero-order valence-corrected chi connectivity index (χ0v) is 6.92. The summed E-state index contributed by atoms with van der Waals surface area (Å²) in [5, 5.41) is 27.7. The van der Waals surface area contributed by atoms with Crippen LogP contribution in [0.25, 0.3) is 0 Å². The van der Waals surface area contributed by atoms with Crippen LogP contribution in [0.3, 0.4) is 0 Å². The Morgan fingerprint density at radius 3 is 2.38 bits per heavy atom. The Hall–Kier alpha value is -0.240. The van der Waals surface area contributed by atoms with Crippen LogP contribution in [0.4, 0.5) is 0 Å². The SMILES string of the molecule is OC[C@@]1([C@H]2OC[C@H](O)[C@H]2O)COO1. The number of hydrogen-bond acceptors (Lipinski definition) is 6. The number of hydrogen-bond donors (Lipinski definition) is 3. The third-order valence-corrected chi connectivity index (χ3v) is 2.47. The molecule has 0 spiro atoms. The van der Waals surface area contributed by atoms with Crippen LogP contribution in [-0.4, -0.2) is 59.1 Å². The lowest BCUT2D eigenvalue weighted by molar-refractivity contribution is -0.493. The quantitative estimate of drug-likeness (QED) is 0.430. The molecule has 4 atom stereocenters. The van der Waals surface area contributed by atoms with Crippen LogP contribution in [-0.2, 0) is 14.5 Å². The highest BCUT2D eigenvalue weighted by Gasteiger charge is 2.56. The third kappa shape index (κ3) is 1.26. The maximum atomic E-state index is 9.47. The van der Waals surface area contributed by atoms with E-state index < -0.39 is 23.9 Å². The summed E-state index contributed by atoms with van der Waals surface area (Å²) in [6.07, 6.45) is -2.67. The van der Waals surface area contributed by atoms with E-state index in [-0.39, 0.29) is 19.8 Å². The first-order valence-corrected chi connectivity index (χ1v) is 4.09. The second-order valence-electron chi connectivity index (χ2n) is 3.38. The molecule has 0 bridgehead atoms. The lowest BCUT2D eigenvalue weighted by Crippen LogP contribution is -2.62. The zero-order chi connectivity index (χ0) is 9.47. The molecular weight excluding hydrogens is 180 g/mol. The normalized spacial score (nSPS) is 50.5. The van der Waals surface area contributed by atoms with Crippen LogP contribution in [0.15, 0.2) is 0 Å². The maximum Gasteiger partial charge on any atom is 0.181 e. The first-order valence-electron chi connectivity index (χ1n) is 4.09. The summed E-state index contributed by atoms with van der Waals surface area (Å²) in [5.41, 5.74) is -1.00. The fraction of sp³-hybridized carbons (Fsp3) is 1.00. The molecule has 0 saturated carbocycles. The minimum atomic E-state index is -1.03.